The Labute approximate surface area is 94.7 Å². The predicted octanol–water partition coefficient (Wildman–Crippen LogP) is 1.44. The summed E-state index contributed by atoms with van der Waals surface area (Å²) in [5, 5.41) is 9.04. The molecule has 3 nitrogen and oxygen atoms in total. The molecule has 1 amide bonds. The Bertz CT molecular complexity index is 455. The fourth-order valence-electron chi connectivity index (χ4n) is 2.66. The molecule has 2 aliphatic rings. The van der Waals surface area contributed by atoms with E-state index in [0.29, 0.717) is 12.5 Å². The maximum Gasteiger partial charge on any atom is 0.230 e. The van der Waals surface area contributed by atoms with Gasteiger partial charge in [-0.25, -0.2) is 0 Å². The van der Waals surface area contributed by atoms with Crippen molar-refractivity contribution in [3.63, 3.8) is 0 Å². The summed E-state index contributed by atoms with van der Waals surface area (Å²) in [7, 11) is 0. The molecule has 0 radical (unpaired) electrons. The maximum absolute atomic E-state index is 12.0. The van der Waals surface area contributed by atoms with Gasteiger partial charge in [-0.15, -0.1) is 0 Å². The Morgan fingerprint density at radius 2 is 2.25 bits per heavy atom. The second kappa shape index (κ2) is 3.32. The lowest BCUT2D eigenvalue weighted by atomic mass is 9.99. The van der Waals surface area contributed by atoms with Crippen LogP contribution < -0.4 is 4.90 Å². The topological polar surface area (TPSA) is 40.5 Å². The summed E-state index contributed by atoms with van der Waals surface area (Å²) in [4.78, 5) is 13.8. The molecule has 0 bridgehead atoms. The maximum atomic E-state index is 12.0. The third-order valence-corrected chi connectivity index (χ3v) is 3.57. The van der Waals surface area contributed by atoms with Crippen LogP contribution >= 0.6 is 0 Å². The molecule has 1 unspecified atom stereocenters. The smallest absolute Gasteiger partial charge is 0.230 e. The molecular weight excluding hydrogens is 202 g/mol. The molecule has 1 N–H and O–H groups in total. The van der Waals surface area contributed by atoms with Gasteiger partial charge in [0.25, 0.3) is 0 Å². The largest absolute Gasteiger partial charge is 0.395 e. The molecule has 84 valence electrons. The summed E-state index contributed by atoms with van der Waals surface area (Å²) in [5.74, 6) is 0.817. The van der Waals surface area contributed by atoms with Gasteiger partial charge in [-0.05, 0) is 36.5 Å². The van der Waals surface area contributed by atoms with Gasteiger partial charge in [0.1, 0.15) is 0 Å². The first-order valence-electron chi connectivity index (χ1n) is 5.75. The van der Waals surface area contributed by atoms with Gasteiger partial charge in [0.2, 0.25) is 5.91 Å². The van der Waals surface area contributed by atoms with Crippen molar-refractivity contribution in [2.24, 2.45) is 5.92 Å². The summed E-state index contributed by atoms with van der Waals surface area (Å²) in [6.45, 7) is 2.47. The minimum Gasteiger partial charge on any atom is -0.395 e. The van der Waals surface area contributed by atoms with E-state index in [2.05, 4.69) is 18.2 Å². The van der Waals surface area contributed by atoms with Crippen molar-refractivity contribution < 1.29 is 9.90 Å². The molecule has 1 aliphatic carbocycles. The highest BCUT2D eigenvalue weighted by Crippen LogP contribution is 2.55. The SMILES string of the molecule is Cc1ccc2c(c1)N(CCO)C(=O)[C@@H]1CC21. The fraction of sp³-hybridized carbons (Fsp3) is 0.462. The van der Waals surface area contributed by atoms with Crippen molar-refractivity contribution in [1.29, 1.82) is 0 Å². The van der Waals surface area contributed by atoms with E-state index in [-0.39, 0.29) is 18.4 Å². The monoisotopic (exact) mass is 217 g/mol. The molecule has 0 aromatic heterocycles. The number of anilines is 1. The molecule has 3 heteroatoms. The van der Waals surface area contributed by atoms with Gasteiger partial charge in [0.15, 0.2) is 0 Å². The molecule has 1 heterocycles. The lowest BCUT2D eigenvalue weighted by Gasteiger charge is -2.28. The number of nitrogens with zero attached hydrogens (tertiary/aromatic N) is 1. The molecule has 1 fully saturated rings. The van der Waals surface area contributed by atoms with E-state index in [4.69, 9.17) is 5.11 Å². The lowest BCUT2D eigenvalue weighted by molar-refractivity contribution is -0.120. The zero-order valence-corrected chi connectivity index (χ0v) is 9.31. The molecule has 16 heavy (non-hydrogen) atoms. The number of carbonyl (C=O) groups is 1. The van der Waals surface area contributed by atoms with Crippen LogP contribution in [0.4, 0.5) is 5.69 Å². The van der Waals surface area contributed by atoms with Crippen molar-refractivity contribution >= 4 is 11.6 Å². The van der Waals surface area contributed by atoms with Crippen LogP contribution in [-0.2, 0) is 4.79 Å². The number of benzene rings is 1. The van der Waals surface area contributed by atoms with Crippen LogP contribution in [0.2, 0.25) is 0 Å². The van der Waals surface area contributed by atoms with Crippen LogP contribution in [0.15, 0.2) is 18.2 Å². The minimum absolute atomic E-state index is 0.0243. The number of rotatable bonds is 2. The molecule has 2 atom stereocenters. The summed E-state index contributed by atoms with van der Waals surface area (Å²) >= 11 is 0. The number of hydrogen-bond donors (Lipinski definition) is 1. The van der Waals surface area contributed by atoms with Crippen LogP contribution in [0.3, 0.4) is 0 Å². The number of β-amino-alcohol motifs (C(OH)–C–C–N with tert-alkyl or cyclic N) is 1. The lowest BCUT2D eigenvalue weighted by Crippen LogP contribution is -2.37. The van der Waals surface area contributed by atoms with Crippen LogP contribution in [0.25, 0.3) is 0 Å². The minimum atomic E-state index is 0.0243. The Balaban J connectivity index is 2.08. The van der Waals surface area contributed by atoms with Crippen molar-refractivity contribution in [2.75, 3.05) is 18.1 Å². The predicted molar refractivity (Wildman–Crippen MR) is 61.5 cm³/mol. The molecule has 1 aromatic carbocycles. The molecule has 1 aromatic rings. The first kappa shape index (κ1) is 9.85. The number of amides is 1. The molecule has 1 saturated carbocycles. The van der Waals surface area contributed by atoms with E-state index in [9.17, 15) is 4.79 Å². The highest BCUT2D eigenvalue weighted by Gasteiger charge is 2.51. The van der Waals surface area contributed by atoms with Crippen LogP contribution in [0, 0.1) is 12.8 Å². The fourth-order valence-corrected chi connectivity index (χ4v) is 2.66. The van der Waals surface area contributed by atoms with Gasteiger partial charge < -0.3 is 10.0 Å². The molecule has 0 saturated heterocycles. The molecule has 1 aliphatic heterocycles. The van der Waals surface area contributed by atoms with Gasteiger partial charge >= 0.3 is 0 Å². The van der Waals surface area contributed by atoms with Gasteiger partial charge in [-0.3, -0.25) is 4.79 Å². The molecule has 3 rings (SSSR count). The standard InChI is InChI=1S/C13H15NO2/c1-8-2-3-9-10-7-11(10)13(16)14(4-5-15)12(9)6-8/h2-3,6,10-11,15H,4-5,7H2,1H3/t10?,11-/m1/s1. The summed E-state index contributed by atoms with van der Waals surface area (Å²) in [6.07, 6.45) is 0.983. The summed E-state index contributed by atoms with van der Waals surface area (Å²) in [6, 6.07) is 6.28. The highest BCUT2D eigenvalue weighted by molar-refractivity contribution is 6.01. The zero-order valence-electron chi connectivity index (χ0n) is 9.31. The Morgan fingerprint density at radius 3 is 3.00 bits per heavy atom. The highest BCUT2D eigenvalue weighted by atomic mass is 16.3. The van der Waals surface area contributed by atoms with Crippen molar-refractivity contribution in [2.45, 2.75) is 19.3 Å². The van der Waals surface area contributed by atoms with Gasteiger partial charge in [0, 0.05) is 18.2 Å². The molecule has 0 spiro atoms. The van der Waals surface area contributed by atoms with Crippen molar-refractivity contribution in [3.8, 4) is 0 Å². The van der Waals surface area contributed by atoms with Crippen LogP contribution in [-0.4, -0.2) is 24.2 Å². The first-order valence-corrected chi connectivity index (χ1v) is 5.75. The van der Waals surface area contributed by atoms with Gasteiger partial charge in [-0.2, -0.15) is 0 Å². The first-order chi connectivity index (χ1) is 7.72. The number of aliphatic hydroxyl groups is 1. The summed E-state index contributed by atoms with van der Waals surface area (Å²) < 4.78 is 0. The van der Waals surface area contributed by atoms with E-state index in [1.165, 1.54) is 5.56 Å². The number of fused-ring (bicyclic) bond motifs is 3. The zero-order chi connectivity index (χ0) is 11.3. The normalized spacial score (nSPS) is 26.4. The van der Waals surface area contributed by atoms with Crippen LogP contribution in [0.5, 0.6) is 0 Å². The second-order valence-electron chi connectivity index (χ2n) is 4.72. The average molecular weight is 217 g/mol. The Morgan fingerprint density at radius 1 is 1.44 bits per heavy atom. The summed E-state index contributed by atoms with van der Waals surface area (Å²) in [5.41, 5.74) is 3.45. The van der Waals surface area contributed by atoms with E-state index in [0.717, 1.165) is 17.7 Å². The van der Waals surface area contributed by atoms with Gasteiger partial charge in [0.05, 0.1) is 6.61 Å². The van der Waals surface area contributed by atoms with E-state index < -0.39 is 0 Å². The van der Waals surface area contributed by atoms with Crippen molar-refractivity contribution in [3.05, 3.63) is 29.3 Å². The van der Waals surface area contributed by atoms with E-state index in [1.807, 2.05) is 6.92 Å². The number of hydrogen-bond acceptors (Lipinski definition) is 2. The number of carbonyl (C=O) groups excluding carboxylic acids is 1. The van der Waals surface area contributed by atoms with Crippen molar-refractivity contribution in [1.82, 2.24) is 0 Å². The Kier molecular flexibility index (Phi) is 2.04. The molecular formula is C13H15NO2. The third-order valence-electron chi connectivity index (χ3n) is 3.57. The van der Waals surface area contributed by atoms with E-state index >= 15 is 0 Å². The second-order valence-corrected chi connectivity index (χ2v) is 4.72. The van der Waals surface area contributed by atoms with Gasteiger partial charge in [-0.1, -0.05) is 12.1 Å². The average Bonchev–Trinajstić information content (AvgIpc) is 3.04. The van der Waals surface area contributed by atoms with Crippen LogP contribution in [0.1, 0.15) is 23.5 Å². The third kappa shape index (κ3) is 1.28. The van der Waals surface area contributed by atoms with E-state index in [1.54, 1.807) is 4.90 Å². The number of aryl methyl sites for hydroxylation is 1. The number of aliphatic hydroxyl groups excluding tert-OH is 1. The Hall–Kier alpha value is -1.35. The quantitative estimate of drug-likeness (QED) is 0.814.